The summed E-state index contributed by atoms with van der Waals surface area (Å²) in [4.78, 5) is 11.8. The topological polar surface area (TPSA) is 38.3 Å². The number of carbonyl (C=O) groups excluding carboxylic acids is 1. The predicted octanol–water partition coefficient (Wildman–Crippen LogP) is 2.71. The molecule has 0 amide bonds. The third kappa shape index (κ3) is 3.34. The van der Waals surface area contributed by atoms with Gasteiger partial charge in [-0.15, -0.1) is 0 Å². The Bertz CT molecular complexity index is 530. The molecule has 116 valence electrons. The molecule has 0 spiro atoms. The summed E-state index contributed by atoms with van der Waals surface area (Å²) in [5.74, 6) is -2.78. The smallest absolute Gasteiger partial charge is 0.419 e. The molecule has 7 heteroatoms. The highest BCUT2D eigenvalue weighted by atomic mass is 19.4. The number of carbonyl (C=O) groups is 1. The van der Waals surface area contributed by atoms with Crippen LogP contribution < -0.4 is 5.32 Å². The monoisotopic (exact) mass is 305 g/mol. The number of halogens is 4. The number of ether oxygens (including phenoxy) is 1. The fourth-order valence-corrected chi connectivity index (χ4v) is 2.52. The molecule has 0 bridgehead atoms. The number of hydrogen-bond donors (Lipinski definition) is 1. The zero-order valence-corrected chi connectivity index (χ0v) is 11.3. The third-order valence-electron chi connectivity index (χ3n) is 3.53. The van der Waals surface area contributed by atoms with Crippen molar-refractivity contribution in [2.75, 3.05) is 19.7 Å². The first-order valence-corrected chi connectivity index (χ1v) is 6.58. The summed E-state index contributed by atoms with van der Waals surface area (Å²) in [6, 6.07) is 2.85. The van der Waals surface area contributed by atoms with Crippen LogP contribution in [-0.4, -0.2) is 25.7 Å². The van der Waals surface area contributed by atoms with Crippen molar-refractivity contribution in [3.63, 3.8) is 0 Å². The molecule has 1 aliphatic heterocycles. The first kappa shape index (κ1) is 15.8. The minimum absolute atomic E-state index is 0.208. The highest BCUT2D eigenvalue weighted by Gasteiger charge is 2.38. The highest BCUT2D eigenvalue weighted by Crippen LogP contribution is 2.36. The van der Waals surface area contributed by atoms with Crippen molar-refractivity contribution in [2.24, 2.45) is 5.92 Å². The van der Waals surface area contributed by atoms with Crippen LogP contribution in [0.15, 0.2) is 18.2 Å². The largest absolute Gasteiger partial charge is 0.466 e. The van der Waals surface area contributed by atoms with Crippen LogP contribution in [0.2, 0.25) is 0 Å². The van der Waals surface area contributed by atoms with Crippen molar-refractivity contribution in [1.29, 1.82) is 0 Å². The van der Waals surface area contributed by atoms with Crippen molar-refractivity contribution in [3.05, 3.63) is 35.1 Å². The van der Waals surface area contributed by atoms with Gasteiger partial charge in [-0.1, -0.05) is 6.07 Å². The molecule has 0 aliphatic carbocycles. The van der Waals surface area contributed by atoms with Crippen LogP contribution in [0.5, 0.6) is 0 Å². The van der Waals surface area contributed by atoms with E-state index in [-0.39, 0.29) is 12.2 Å². The lowest BCUT2D eigenvalue weighted by Gasteiger charge is -2.19. The normalized spacial score (nSPS) is 22.3. The van der Waals surface area contributed by atoms with Gasteiger partial charge in [0.25, 0.3) is 0 Å². The van der Waals surface area contributed by atoms with E-state index in [1.807, 2.05) is 0 Å². The van der Waals surface area contributed by atoms with Crippen LogP contribution >= 0.6 is 0 Å². The Morgan fingerprint density at radius 1 is 1.38 bits per heavy atom. The van der Waals surface area contributed by atoms with Gasteiger partial charge >= 0.3 is 12.1 Å². The van der Waals surface area contributed by atoms with Crippen molar-refractivity contribution < 1.29 is 27.1 Å². The number of benzene rings is 1. The Kier molecular flexibility index (Phi) is 4.51. The fourth-order valence-electron chi connectivity index (χ4n) is 2.52. The third-order valence-corrected chi connectivity index (χ3v) is 3.53. The van der Waals surface area contributed by atoms with Gasteiger partial charge in [0.1, 0.15) is 5.82 Å². The molecule has 21 heavy (non-hydrogen) atoms. The summed E-state index contributed by atoms with van der Waals surface area (Å²) < 4.78 is 56.5. The lowest BCUT2D eigenvalue weighted by atomic mass is 9.88. The average Bonchev–Trinajstić information content (AvgIpc) is 2.87. The standard InChI is InChI=1S/C14H15F4NO2/c1-2-21-13(20)10-7-19-6-9(10)8-3-4-12(15)11(5-8)14(16,17)18/h3-5,9-10,19H,2,6-7H2,1H3. The molecule has 1 saturated heterocycles. The Morgan fingerprint density at radius 3 is 2.71 bits per heavy atom. The summed E-state index contributed by atoms with van der Waals surface area (Å²) in [5, 5.41) is 2.96. The molecule has 0 aromatic heterocycles. The zero-order valence-electron chi connectivity index (χ0n) is 11.3. The molecule has 3 nitrogen and oxygen atoms in total. The number of hydrogen-bond acceptors (Lipinski definition) is 3. The molecule has 0 radical (unpaired) electrons. The summed E-state index contributed by atoms with van der Waals surface area (Å²) in [7, 11) is 0. The summed E-state index contributed by atoms with van der Waals surface area (Å²) in [5.41, 5.74) is -1.03. The second-order valence-electron chi connectivity index (χ2n) is 4.86. The summed E-state index contributed by atoms with van der Waals surface area (Å²) in [6.07, 6.45) is -4.76. The van der Waals surface area contributed by atoms with Crippen LogP contribution in [0, 0.1) is 11.7 Å². The van der Waals surface area contributed by atoms with Crippen LogP contribution in [0.3, 0.4) is 0 Å². The first-order chi connectivity index (χ1) is 9.84. The van der Waals surface area contributed by atoms with E-state index in [0.717, 1.165) is 12.1 Å². The van der Waals surface area contributed by atoms with E-state index < -0.39 is 35.4 Å². The van der Waals surface area contributed by atoms with Gasteiger partial charge in [-0.25, -0.2) is 4.39 Å². The maximum Gasteiger partial charge on any atom is 0.419 e. The molecule has 1 aromatic rings. The average molecular weight is 305 g/mol. The second-order valence-corrected chi connectivity index (χ2v) is 4.86. The number of alkyl halides is 3. The van der Waals surface area contributed by atoms with Gasteiger partial charge in [0.05, 0.1) is 18.1 Å². The first-order valence-electron chi connectivity index (χ1n) is 6.58. The minimum Gasteiger partial charge on any atom is -0.466 e. The quantitative estimate of drug-likeness (QED) is 0.689. The van der Waals surface area contributed by atoms with Crippen LogP contribution in [0.1, 0.15) is 24.0 Å². The Balaban J connectivity index is 2.31. The van der Waals surface area contributed by atoms with E-state index >= 15 is 0 Å². The molecule has 2 unspecified atom stereocenters. The summed E-state index contributed by atoms with van der Waals surface area (Å²) in [6.45, 7) is 2.56. The van der Waals surface area contributed by atoms with E-state index in [9.17, 15) is 22.4 Å². The fraction of sp³-hybridized carbons (Fsp3) is 0.500. The molecule has 1 aromatic carbocycles. The van der Waals surface area contributed by atoms with Gasteiger partial charge < -0.3 is 10.1 Å². The predicted molar refractivity (Wildman–Crippen MR) is 67.1 cm³/mol. The van der Waals surface area contributed by atoms with E-state index in [4.69, 9.17) is 4.74 Å². The van der Waals surface area contributed by atoms with Gasteiger partial charge in [-0.2, -0.15) is 13.2 Å². The van der Waals surface area contributed by atoms with Crippen molar-refractivity contribution in [1.82, 2.24) is 5.32 Å². The Morgan fingerprint density at radius 2 is 2.10 bits per heavy atom. The van der Waals surface area contributed by atoms with E-state index in [2.05, 4.69) is 5.32 Å². The molecule has 2 rings (SSSR count). The summed E-state index contributed by atoms with van der Waals surface area (Å²) >= 11 is 0. The molecular formula is C14H15F4NO2. The molecule has 2 atom stereocenters. The SMILES string of the molecule is CCOC(=O)C1CNCC1c1ccc(F)c(C(F)(F)F)c1. The van der Waals surface area contributed by atoms with Gasteiger partial charge in [-0.05, 0) is 24.6 Å². The van der Waals surface area contributed by atoms with E-state index in [1.165, 1.54) is 6.07 Å². The maximum atomic E-state index is 13.3. The molecule has 0 saturated carbocycles. The van der Waals surface area contributed by atoms with Gasteiger partial charge in [-0.3, -0.25) is 4.79 Å². The van der Waals surface area contributed by atoms with Crippen molar-refractivity contribution in [3.8, 4) is 0 Å². The van der Waals surface area contributed by atoms with Gasteiger partial charge in [0.15, 0.2) is 0 Å². The number of esters is 1. The number of rotatable bonds is 3. The number of nitrogens with one attached hydrogen (secondary N) is 1. The Hall–Kier alpha value is -1.63. The van der Waals surface area contributed by atoms with Gasteiger partial charge in [0, 0.05) is 19.0 Å². The van der Waals surface area contributed by atoms with Crippen LogP contribution in [0.25, 0.3) is 0 Å². The highest BCUT2D eigenvalue weighted by molar-refractivity contribution is 5.74. The van der Waals surface area contributed by atoms with Crippen LogP contribution in [-0.2, 0) is 15.7 Å². The minimum atomic E-state index is -4.76. The second kappa shape index (κ2) is 6.01. The lowest BCUT2D eigenvalue weighted by molar-refractivity contribution is -0.147. The molecule has 1 aliphatic rings. The van der Waals surface area contributed by atoms with E-state index in [0.29, 0.717) is 13.1 Å². The molecule has 1 fully saturated rings. The molecular weight excluding hydrogens is 290 g/mol. The van der Waals surface area contributed by atoms with Crippen molar-refractivity contribution in [2.45, 2.75) is 19.0 Å². The molecule has 1 N–H and O–H groups in total. The van der Waals surface area contributed by atoms with E-state index in [1.54, 1.807) is 6.92 Å². The van der Waals surface area contributed by atoms with Crippen LogP contribution in [0.4, 0.5) is 17.6 Å². The van der Waals surface area contributed by atoms with Gasteiger partial charge in [0.2, 0.25) is 0 Å². The lowest BCUT2D eigenvalue weighted by Crippen LogP contribution is -2.24. The Labute approximate surface area is 119 Å². The van der Waals surface area contributed by atoms with Crippen molar-refractivity contribution >= 4 is 5.97 Å². The maximum absolute atomic E-state index is 13.3. The zero-order chi connectivity index (χ0) is 15.6. The molecule has 1 heterocycles.